The molecule has 0 bridgehead atoms. The molecule has 6 heteroatoms. The maximum atomic E-state index is 11.8. The van der Waals surface area contributed by atoms with E-state index in [0.717, 1.165) is 11.6 Å². The summed E-state index contributed by atoms with van der Waals surface area (Å²) in [4.78, 5) is 11.8. The van der Waals surface area contributed by atoms with Gasteiger partial charge in [-0.2, -0.15) is 0 Å². The van der Waals surface area contributed by atoms with Crippen molar-refractivity contribution in [3.63, 3.8) is 0 Å². The molecule has 0 aliphatic carbocycles. The lowest BCUT2D eigenvalue weighted by Crippen LogP contribution is -2.59. The molecule has 0 amide bonds. The molecule has 0 aliphatic heterocycles. The van der Waals surface area contributed by atoms with E-state index >= 15 is 0 Å². The Morgan fingerprint density at radius 2 is 1.34 bits per heavy atom. The standard InChI is InChI=1S/C23H22O5Si/c1-3-23(24)25-18-29(26-20-13-6-4-7-14-20,27-21-15-8-5-9-16-21)28-22-17-11-10-12-19(22)2/h3-17H,1,18H2,2H3. The van der Waals surface area contributed by atoms with E-state index in [2.05, 4.69) is 6.58 Å². The van der Waals surface area contributed by atoms with E-state index in [-0.39, 0.29) is 6.23 Å². The molecule has 0 aliphatic rings. The molecule has 0 heterocycles. The van der Waals surface area contributed by atoms with Crippen LogP contribution >= 0.6 is 0 Å². The minimum atomic E-state index is -3.62. The largest absolute Gasteiger partial charge is 0.739 e. The zero-order chi connectivity index (χ0) is 20.5. The molecule has 0 saturated carbocycles. The van der Waals surface area contributed by atoms with Gasteiger partial charge in [-0.05, 0) is 42.8 Å². The first kappa shape index (κ1) is 20.2. The molecule has 0 aromatic heterocycles. The third-order valence-electron chi connectivity index (χ3n) is 3.95. The highest BCUT2D eigenvalue weighted by molar-refractivity contribution is 6.63. The molecule has 148 valence electrons. The summed E-state index contributed by atoms with van der Waals surface area (Å²) in [6.07, 6.45) is 0.911. The number of ether oxygens (including phenoxy) is 1. The van der Waals surface area contributed by atoms with Gasteiger partial charge in [-0.15, -0.1) is 0 Å². The van der Waals surface area contributed by atoms with Crippen molar-refractivity contribution in [3.05, 3.63) is 103 Å². The number of carbonyl (C=O) groups excluding carboxylic acids is 1. The van der Waals surface area contributed by atoms with E-state index in [0.29, 0.717) is 17.2 Å². The smallest absolute Gasteiger partial charge is 0.481 e. The van der Waals surface area contributed by atoms with Crippen molar-refractivity contribution in [1.29, 1.82) is 0 Å². The minimum Gasteiger partial charge on any atom is -0.481 e. The van der Waals surface area contributed by atoms with Crippen LogP contribution in [0.15, 0.2) is 97.6 Å². The van der Waals surface area contributed by atoms with Gasteiger partial charge in [-0.25, -0.2) is 4.79 Å². The van der Waals surface area contributed by atoms with E-state index in [4.69, 9.17) is 18.0 Å². The second kappa shape index (κ2) is 9.61. The summed E-state index contributed by atoms with van der Waals surface area (Å²) < 4.78 is 24.1. The van der Waals surface area contributed by atoms with Gasteiger partial charge in [-0.3, -0.25) is 0 Å². The number of aryl methyl sites for hydroxylation is 1. The van der Waals surface area contributed by atoms with Crippen molar-refractivity contribution in [2.24, 2.45) is 0 Å². The topological polar surface area (TPSA) is 54.0 Å². The monoisotopic (exact) mass is 406 g/mol. The summed E-state index contributed by atoms with van der Waals surface area (Å²) >= 11 is 0. The molecule has 5 nitrogen and oxygen atoms in total. The Morgan fingerprint density at radius 3 is 1.86 bits per heavy atom. The van der Waals surface area contributed by atoms with Crippen LogP contribution in [-0.4, -0.2) is 21.0 Å². The number of benzene rings is 3. The molecular weight excluding hydrogens is 384 g/mol. The molecule has 3 aromatic carbocycles. The van der Waals surface area contributed by atoms with Gasteiger partial charge in [0.15, 0.2) is 6.23 Å². The zero-order valence-corrected chi connectivity index (χ0v) is 17.1. The summed E-state index contributed by atoms with van der Waals surface area (Å²) in [5.74, 6) is 1.13. The summed E-state index contributed by atoms with van der Waals surface area (Å²) in [7, 11) is -3.62. The predicted molar refractivity (Wildman–Crippen MR) is 113 cm³/mol. The fourth-order valence-electron chi connectivity index (χ4n) is 2.54. The lowest BCUT2D eigenvalue weighted by Gasteiger charge is -2.30. The van der Waals surface area contributed by atoms with Crippen LogP contribution in [-0.2, 0) is 9.53 Å². The average Bonchev–Trinajstić information content (AvgIpc) is 2.75. The zero-order valence-electron chi connectivity index (χ0n) is 16.1. The van der Waals surface area contributed by atoms with Crippen LogP contribution in [0.4, 0.5) is 0 Å². The van der Waals surface area contributed by atoms with Crippen LogP contribution in [0.3, 0.4) is 0 Å². The normalized spacial score (nSPS) is 10.7. The minimum absolute atomic E-state index is 0.185. The number of carbonyl (C=O) groups is 1. The highest BCUT2D eigenvalue weighted by Crippen LogP contribution is 2.26. The second-order valence-corrected chi connectivity index (χ2v) is 8.46. The SMILES string of the molecule is C=CC(=O)OC[Si](Oc1ccccc1)(Oc1ccccc1)Oc1ccccc1C. The number of rotatable bonds is 9. The van der Waals surface area contributed by atoms with Crippen LogP contribution < -0.4 is 13.3 Å². The van der Waals surface area contributed by atoms with Crippen LogP contribution in [0.1, 0.15) is 5.56 Å². The molecule has 0 unspecified atom stereocenters. The lowest BCUT2D eigenvalue weighted by molar-refractivity contribution is -0.136. The maximum absolute atomic E-state index is 11.8. The van der Waals surface area contributed by atoms with Crippen molar-refractivity contribution in [3.8, 4) is 17.2 Å². The van der Waals surface area contributed by atoms with Gasteiger partial charge in [0.2, 0.25) is 0 Å². The van der Waals surface area contributed by atoms with Crippen molar-refractivity contribution in [1.82, 2.24) is 0 Å². The van der Waals surface area contributed by atoms with E-state index < -0.39 is 14.8 Å². The Balaban J connectivity index is 2.01. The first-order chi connectivity index (χ1) is 14.1. The highest BCUT2D eigenvalue weighted by Gasteiger charge is 2.52. The van der Waals surface area contributed by atoms with E-state index in [1.807, 2.05) is 67.6 Å². The van der Waals surface area contributed by atoms with Crippen LogP contribution in [0, 0.1) is 6.92 Å². The van der Waals surface area contributed by atoms with Crippen molar-refractivity contribution in [2.75, 3.05) is 6.23 Å². The summed E-state index contributed by atoms with van der Waals surface area (Å²) in [5, 5.41) is 0. The molecule has 29 heavy (non-hydrogen) atoms. The lowest BCUT2D eigenvalue weighted by atomic mass is 10.2. The summed E-state index contributed by atoms with van der Waals surface area (Å²) in [5.41, 5.74) is 0.910. The predicted octanol–water partition coefficient (Wildman–Crippen LogP) is 4.74. The van der Waals surface area contributed by atoms with E-state index in [1.54, 1.807) is 24.3 Å². The third kappa shape index (κ3) is 5.73. The third-order valence-corrected chi connectivity index (χ3v) is 6.07. The average molecular weight is 407 g/mol. The number of esters is 1. The first-order valence-corrected chi connectivity index (χ1v) is 11.1. The quantitative estimate of drug-likeness (QED) is 0.292. The molecule has 3 rings (SSSR count). The fourth-order valence-corrected chi connectivity index (χ4v) is 4.72. The van der Waals surface area contributed by atoms with Gasteiger partial charge in [0, 0.05) is 6.08 Å². The van der Waals surface area contributed by atoms with Gasteiger partial charge < -0.3 is 18.0 Å². The van der Waals surface area contributed by atoms with Crippen LogP contribution in [0.2, 0.25) is 0 Å². The molecule has 0 fully saturated rings. The van der Waals surface area contributed by atoms with Gasteiger partial charge >= 0.3 is 14.8 Å². The Morgan fingerprint density at radius 1 is 0.828 bits per heavy atom. The fraction of sp³-hybridized carbons (Fsp3) is 0.0870. The molecular formula is C23H22O5Si. The molecule has 0 radical (unpaired) electrons. The van der Waals surface area contributed by atoms with Crippen molar-refractivity contribution < 1.29 is 22.8 Å². The van der Waals surface area contributed by atoms with Crippen molar-refractivity contribution >= 4 is 14.8 Å². The number of hydrogen-bond acceptors (Lipinski definition) is 5. The number of para-hydroxylation sites is 3. The second-order valence-electron chi connectivity index (χ2n) is 6.19. The Bertz CT molecular complexity index is 902. The van der Waals surface area contributed by atoms with Gasteiger partial charge in [0.25, 0.3) is 0 Å². The molecule has 0 N–H and O–H groups in total. The Kier molecular flexibility index (Phi) is 6.70. The van der Waals surface area contributed by atoms with E-state index in [1.165, 1.54) is 0 Å². The van der Waals surface area contributed by atoms with Crippen LogP contribution in [0.5, 0.6) is 17.2 Å². The molecule has 3 aromatic rings. The van der Waals surface area contributed by atoms with Crippen molar-refractivity contribution in [2.45, 2.75) is 6.92 Å². The van der Waals surface area contributed by atoms with Gasteiger partial charge in [-0.1, -0.05) is 61.2 Å². The summed E-state index contributed by atoms with van der Waals surface area (Å²) in [6, 6.07) is 25.9. The Labute approximate surface area is 171 Å². The molecule has 0 atom stereocenters. The number of hydrogen-bond donors (Lipinski definition) is 0. The van der Waals surface area contributed by atoms with E-state index in [9.17, 15) is 4.79 Å². The maximum Gasteiger partial charge on any atom is 0.739 e. The molecule has 0 saturated heterocycles. The highest BCUT2D eigenvalue weighted by atomic mass is 28.4. The van der Waals surface area contributed by atoms with Crippen LogP contribution in [0.25, 0.3) is 0 Å². The molecule has 0 spiro atoms. The Hall–Kier alpha value is -3.51. The van der Waals surface area contributed by atoms with Gasteiger partial charge in [0.1, 0.15) is 17.2 Å². The van der Waals surface area contributed by atoms with Gasteiger partial charge in [0.05, 0.1) is 0 Å². The first-order valence-electron chi connectivity index (χ1n) is 9.12. The summed E-state index contributed by atoms with van der Waals surface area (Å²) in [6.45, 7) is 5.37.